The van der Waals surface area contributed by atoms with E-state index in [1.54, 1.807) is 6.92 Å². The molecule has 0 fully saturated rings. The quantitative estimate of drug-likeness (QED) is 0.476. The fourth-order valence-electron chi connectivity index (χ4n) is 2.69. The lowest BCUT2D eigenvalue weighted by Crippen LogP contribution is -2.04. The van der Waals surface area contributed by atoms with E-state index in [-0.39, 0.29) is 5.52 Å². The molecule has 0 radical (unpaired) electrons. The highest BCUT2D eigenvalue weighted by Crippen LogP contribution is 2.25. The number of para-hydroxylation sites is 1. The van der Waals surface area contributed by atoms with Crippen LogP contribution < -0.4 is 10.7 Å². The Morgan fingerprint density at radius 2 is 1.93 bits per heavy atom. The van der Waals surface area contributed by atoms with Crippen molar-refractivity contribution in [3.05, 3.63) is 59.3 Å². The van der Waals surface area contributed by atoms with E-state index in [0.29, 0.717) is 17.0 Å². The molecule has 2 N–H and O–H groups in total. The number of nitrogens with zero attached hydrogens (tertiary/aromatic N) is 3. The molecule has 140 valence electrons. The Bertz CT molecular complexity index is 972. The van der Waals surface area contributed by atoms with Gasteiger partial charge in [0.25, 0.3) is 0 Å². The van der Waals surface area contributed by atoms with E-state index in [9.17, 15) is 8.78 Å². The molecule has 0 unspecified atom stereocenters. The summed E-state index contributed by atoms with van der Waals surface area (Å²) < 4.78 is 27.3. The topological polar surface area (TPSA) is 62.2 Å². The van der Waals surface area contributed by atoms with Crippen molar-refractivity contribution in [1.29, 1.82) is 0 Å². The fourth-order valence-corrected chi connectivity index (χ4v) is 2.69. The van der Waals surface area contributed by atoms with Crippen LogP contribution in [0.1, 0.15) is 24.6 Å². The summed E-state index contributed by atoms with van der Waals surface area (Å²) in [5.74, 6) is -1.39. The van der Waals surface area contributed by atoms with Gasteiger partial charge in [0.15, 0.2) is 17.5 Å². The third-order valence-corrected chi connectivity index (χ3v) is 4.06. The zero-order valence-electron chi connectivity index (χ0n) is 15.3. The average molecular weight is 369 g/mol. The highest BCUT2D eigenvalue weighted by atomic mass is 19.2. The smallest absolute Gasteiger partial charge is 0.186 e. The first-order valence-corrected chi connectivity index (χ1v) is 8.81. The van der Waals surface area contributed by atoms with Crippen molar-refractivity contribution in [3.63, 3.8) is 0 Å². The molecule has 0 aliphatic heterocycles. The first kappa shape index (κ1) is 18.7. The van der Waals surface area contributed by atoms with Crippen LogP contribution in [0.3, 0.4) is 0 Å². The maximum absolute atomic E-state index is 13.9. The molecule has 0 saturated carbocycles. The zero-order valence-corrected chi connectivity index (χ0v) is 15.3. The molecule has 0 amide bonds. The predicted octanol–water partition coefficient (Wildman–Crippen LogP) is 4.49. The molecule has 27 heavy (non-hydrogen) atoms. The Labute approximate surface area is 156 Å². The van der Waals surface area contributed by atoms with Gasteiger partial charge in [-0.1, -0.05) is 18.2 Å². The number of hydrazone groups is 1. The SMILES string of the molecule is CCN/N=C\CCc1ccccc1Nc1nc2ccc(F)c(F)c2nc1C. The van der Waals surface area contributed by atoms with Gasteiger partial charge in [0.2, 0.25) is 0 Å². The van der Waals surface area contributed by atoms with Crippen molar-refractivity contribution in [1.82, 2.24) is 15.4 Å². The summed E-state index contributed by atoms with van der Waals surface area (Å²) in [5.41, 5.74) is 5.64. The van der Waals surface area contributed by atoms with Crippen LogP contribution in [0.2, 0.25) is 0 Å². The van der Waals surface area contributed by atoms with Gasteiger partial charge in [-0.15, -0.1) is 0 Å². The maximum Gasteiger partial charge on any atom is 0.186 e. The van der Waals surface area contributed by atoms with Gasteiger partial charge in [0.05, 0.1) is 11.2 Å². The average Bonchev–Trinajstić information content (AvgIpc) is 2.67. The van der Waals surface area contributed by atoms with Gasteiger partial charge in [0, 0.05) is 18.4 Å². The van der Waals surface area contributed by atoms with Crippen molar-refractivity contribution in [2.24, 2.45) is 5.10 Å². The van der Waals surface area contributed by atoms with Crippen LogP contribution in [0.5, 0.6) is 0 Å². The number of hydrogen-bond donors (Lipinski definition) is 2. The minimum Gasteiger partial charge on any atom is -0.338 e. The second-order valence-electron chi connectivity index (χ2n) is 6.03. The number of nitrogens with one attached hydrogen (secondary N) is 2. The van der Waals surface area contributed by atoms with Crippen LogP contribution in [0.15, 0.2) is 41.5 Å². The number of aromatic nitrogens is 2. The molecule has 0 atom stereocenters. The molecule has 0 spiro atoms. The summed E-state index contributed by atoms with van der Waals surface area (Å²) >= 11 is 0. The Morgan fingerprint density at radius 1 is 1.11 bits per heavy atom. The van der Waals surface area contributed by atoms with Crippen LogP contribution in [0, 0.1) is 18.6 Å². The number of fused-ring (bicyclic) bond motifs is 1. The summed E-state index contributed by atoms with van der Waals surface area (Å²) in [5, 5.41) is 7.37. The minimum atomic E-state index is -0.977. The lowest BCUT2D eigenvalue weighted by atomic mass is 10.1. The summed E-state index contributed by atoms with van der Waals surface area (Å²) in [7, 11) is 0. The molecule has 7 heteroatoms. The van der Waals surface area contributed by atoms with Gasteiger partial charge in [-0.2, -0.15) is 5.10 Å². The molecule has 2 aromatic carbocycles. The number of halogens is 2. The molecular weight excluding hydrogens is 348 g/mol. The molecule has 0 bridgehead atoms. The lowest BCUT2D eigenvalue weighted by molar-refractivity contribution is 0.515. The summed E-state index contributed by atoms with van der Waals surface area (Å²) in [6.45, 7) is 4.49. The second-order valence-corrected chi connectivity index (χ2v) is 6.03. The Balaban J connectivity index is 1.85. The van der Waals surface area contributed by atoms with Crippen molar-refractivity contribution in [3.8, 4) is 0 Å². The zero-order chi connectivity index (χ0) is 19.2. The van der Waals surface area contributed by atoms with Gasteiger partial charge in [-0.25, -0.2) is 18.7 Å². The van der Waals surface area contributed by atoms with Crippen LogP contribution in [0.25, 0.3) is 11.0 Å². The number of aryl methyl sites for hydroxylation is 2. The predicted molar refractivity (Wildman–Crippen MR) is 104 cm³/mol. The van der Waals surface area contributed by atoms with Crippen molar-refractivity contribution < 1.29 is 8.78 Å². The van der Waals surface area contributed by atoms with Crippen LogP contribution in [0.4, 0.5) is 20.3 Å². The van der Waals surface area contributed by atoms with E-state index in [0.717, 1.165) is 36.7 Å². The highest BCUT2D eigenvalue weighted by Gasteiger charge is 2.13. The summed E-state index contributed by atoms with van der Waals surface area (Å²) in [4.78, 5) is 8.61. The lowest BCUT2D eigenvalue weighted by Gasteiger charge is -2.13. The van der Waals surface area contributed by atoms with Crippen LogP contribution >= 0.6 is 0 Å². The Kier molecular flexibility index (Phi) is 5.90. The van der Waals surface area contributed by atoms with Gasteiger partial charge in [-0.3, -0.25) is 0 Å². The molecule has 0 aliphatic carbocycles. The largest absolute Gasteiger partial charge is 0.338 e. The first-order valence-electron chi connectivity index (χ1n) is 8.81. The molecule has 0 aliphatic rings. The molecule has 0 saturated heterocycles. The van der Waals surface area contributed by atoms with E-state index < -0.39 is 11.6 Å². The molecule has 1 heterocycles. The third-order valence-electron chi connectivity index (χ3n) is 4.06. The molecule has 3 aromatic rings. The van der Waals surface area contributed by atoms with Crippen molar-refractivity contribution in [2.75, 3.05) is 11.9 Å². The number of rotatable bonds is 7. The minimum absolute atomic E-state index is 0.0639. The standard InChI is InChI=1S/C20H21F2N5/c1-3-23-24-12-6-8-14-7-4-5-9-16(14)26-20-13(2)25-19-17(27-20)11-10-15(21)18(19)22/h4-5,7,9-12,23H,3,6,8H2,1-2H3,(H,26,27)/b24-12-. The Morgan fingerprint density at radius 3 is 2.74 bits per heavy atom. The number of benzene rings is 2. The van der Waals surface area contributed by atoms with Gasteiger partial charge >= 0.3 is 0 Å². The number of anilines is 2. The van der Waals surface area contributed by atoms with Gasteiger partial charge in [-0.05, 0) is 50.5 Å². The normalized spacial score (nSPS) is 11.3. The molecule has 5 nitrogen and oxygen atoms in total. The van der Waals surface area contributed by atoms with Crippen LogP contribution in [-0.4, -0.2) is 22.7 Å². The Hall–Kier alpha value is -3.09. The summed E-state index contributed by atoms with van der Waals surface area (Å²) in [6.07, 6.45) is 3.44. The third kappa shape index (κ3) is 4.36. The van der Waals surface area contributed by atoms with E-state index in [4.69, 9.17) is 0 Å². The van der Waals surface area contributed by atoms with Crippen molar-refractivity contribution in [2.45, 2.75) is 26.7 Å². The van der Waals surface area contributed by atoms with E-state index in [2.05, 4.69) is 25.8 Å². The highest BCUT2D eigenvalue weighted by molar-refractivity contribution is 5.78. The monoisotopic (exact) mass is 369 g/mol. The maximum atomic E-state index is 13.9. The first-order chi connectivity index (χ1) is 13.1. The molecule has 1 aromatic heterocycles. The second kappa shape index (κ2) is 8.53. The fraction of sp³-hybridized carbons (Fsp3) is 0.250. The van der Waals surface area contributed by atoms with Crippen LogP contribution in [-0.2, 0) is 6.42 Å². The van der Waals surface area contributed by atoms with E-state index >= 15 is 0 Å². The van der Waals surface area contributed by atoms with E-state index in [1.807, 2.05) is 37.4 Å². The van der Waals surface area contributed by atoms with Gasteiger partial charge in [0.1, 0.15) is 5.52 Å². The molecular formula is C20H21F2N5. The van der Waals surface area contributed by atoms with E-state index in [1.165, 1.54) is 6.07 Å². The van der Waals surface area contributed by atoms with Crippen molar-refractivity contribution >= 4 is 28.8 Å². The number of hydrogen-bond acceptors (Lipinski definition) is 5. The summed E-state index contributed by atoms with van der Waals surface area (Å²) in [6, 6.07) is 10.4. The molecule has 3 rings (SSSR count). The van der Waals surface area contributed by atoms with Gasteiger partial charge < -0.3 is 10.7 Å².